The number of carboxylic acid groups (broad SMARTS) is 1. The first-order valence-electron chi connectivity index (χ1n) is 4.21. The zero-order valence-corrected chi connectivity index (χ0v) is 8.35. The van der Waals surface area contributed by atoms with Crippen molar-refractivity contribution in [2.75, 3.05) is 0 Å². The van der Waals surface area contributed by atoms with Gasteiger partial charge < -0.3 is 10.8 Å². The number of halogens is 1. The molecule has 3 N–H and O–H groups in total. The van der Waals surface area contributed by atoms with Crippen LogP contribution in [-0.4, -0.2) is 20.5 Å². The maximum absolute atomic E-state index is 10.8. The molecule has 0 fully saturated rings. The Labute approximate surface area is 90.1 Å². The number of fused-ring (bicyclic) bond motifs is 1. The minimum absolute atomic E-state index is 0.421. The lowest BCUT2D eigenvalue weighted by Crippen LogP contribution is -2.21. The zero-order valence-electron chi connectivity index (χ0n) is 7.59. The number of pyridine rings is 1. The summed E-state index contributed by atoms with van der Waals surface area (Å²) in [7, 11) is 0. The van der Waals surface area contributed by atoms with Gasteiger partial charge in [-0.15, -0.1) is 0 Å². The second-order valence-corrected chi connectivity index (χ2v) is 3.44. The Morgan fingerprint density at radius 3 is 3.07 bits per heavy atom. The van der Waals surface area contributed by atoms with Crippen molar-refractivity contribution in [2.24, 2.45) is 5.73 Å². The van der Waals surface area contributed by atoms with Crippen LogP contribution in [0.2, 0.25) is 5.15 Å². The quantitative estimate of drug-likeness (QED) is 0.801. The van der Waals surface area contributed by atoms with Crippen molar-refractivity contribution < 1.29 is 9.90 Å². The van der Waals surface area contributed by atoms with Crippen molar-refractivity contribution in [3.05, 3.63) is 35.2 Å². The fourth-order valence-electron chi connectivity index (χ4n) is 1.38. The van der Waals surface area contributed by atoms with Crippen molar-refractivity contribution in [3.63, 3.8) is 0 Å². The fourth-order valence-corrected chi connectivity index (χ4v) is 1.56. The first-order valence-corrected chi connectivity index (χ1v) is 4.59. The summed E-state index contributed by atoms with van der Waals surface area (Å²) in [6, 6.07) is 2.21. The summed E-state index contributed by atoms with van der Waals surface area (Å²) < 4.78 is 1.58. The number of carbonyl (C=O) groups is 1. The molecule has 1 unspecified atom stereocenters. The van der Waals surface area contributed by atoms with Gasteiger partial charge in [0.1, 0.15) is 16.8 Å². The number of hydrogen-bond acceptors (Lipinski definition) is 3. The van der Waals surface area contributed by atoms with E-state index in [1.807, 2.05) is 0 Å². The van der Waals surface area contributed by atoms with Crippen LogP contribution in [0.1, 0.15) is 11.6 Å². The van der Waals surface area contributed by atoms with E-state index in [1.54, 1.807) is 22.7 Å². The van der Waals surface area contributed by atoms with Gasteiger partial charge in [-0.3, -0.25) is 9.20 Å². The summed E-state index contributed by atoms with van der Waals surface area (Å²) in [6.07, 6.45) is 3.15. The Bertz CT molecular complexity index is 523. The fraction of sp³-hybridized carbons (Fsp3) is 0.111. The molecule has 0 aliphatic carbocycles. The lowest BCUT2D eigenvalue weighted by Gasteiger charge is -2.07. The molecule has 2 aromatic rings. The second-order valence-electron chi connectivity index (χ2n) is 3.05. The number of hydrogen-bond donors (Lipinski definition) is 2. The Kier molecular flexibility index (Phi) is 2.34. The lowest BCUT2D eigenvalue weighted by molar-refractivity contribution is -0.138. The summed E-state index contributed by atoms with van der Waals surface area (Å²) in [5.74, 6) is -1.10. The molecule has 15 heavy (non-hydrogen) atoms. The van der Waals surface area contributed by atoms with Gasteiger partial charge in [0, 0.05) is 11.8 Å². The Balaban J connectivity index is 2.66. The topological polar surface area (TPSA) is 80.6 Å². The normalized spacial score (nSPS) is 12.9. The first-order chi connectivity index (χ1) is 7.11. The molecule has 0 aliphatic rings. The van der Waals surface area contributed by atoms with E-state index in [-0.39, 0.29) is 0 Å². The van der Waals surface area contributed by atoms with Crippen LogP contribution in [0.25, 0.3) is 5.65 Å². The van der Waals surface area contributed by atoms with E-state index in [0.717, 1.165) is 0 Å². The zero-order chi connectivity index (χ0) is 11.0. The number of aliphatic carboxylic acids is 1. The van der Waals surface area contributed by atoms with E-state index in [9.17, 15) is 4.79 Å². The molecule has 0 radical (unpaired) electrons. The number of carboxylic acids is 1. The van der Waals surface area contributed by atoms with E-state index in [1.165, 1.54) is 6.20 Å². The van der Waals surface area contributed by atoms with Crippen LogP contribution < -0.4 is 5.73 Å². The van der Waals surface area contributed by atoms with Crippen LogP contribution in [0.4, 0.5) is 0 Å². The van der Waals surface area contributed by atoms with E-state index in [0.29, 0.717) is 16.4 Å². The first kappa shape index (κ1) is 9.95. The molecule has 0 aromatic carbocycles. The molecule has 2 heterocycles. The molecule has 0 bridgehead atoms. The largest absolute Gasteiger partial charge is 0.480 e. The Morgan fingerprint density at radius 2 is 2.40 bits per heavy atom. The lowest BCUT2D eigenvalue weighted by atomic mass is 10.1. The maximum Gasteiger partial charge on any atom is 0.325 e. The van der Waals surface area contributed by atoms with E-state index in [2.05, 4.69) is 4.98 Å². The minimum Gasteiger partial charge on any atom is -0.480 e. The number of imidazole rings is 1. The summed E-state index contributed by atoms with van der Waals surface area (Å²) in [6.45, 7) is 0. The standard InChI is InChI=1S/C9H8ClN3O2/c10-6-4-12-8-5(7(11)9(14)15)2-1-3-13(6)8/h1-4,7H,11H2,(H,14,15). The van der Waals surface area contributed by atoms with E-state index < -0.39 is 12.0 Å². The number of nitrogens with zero attached hydrogens (tertiary/aromatic N) is 2. The van der Waals surface area contributed by atoms with Gasteiger partial charge in [0.05, 0.1) is 6.20 Å². The maximum atomic E-state index is 10.8. The average molecular weight is 226 g/mol. The molecular formula is C9H8ClN3O2. The van der Waals surface area contributed by atoms with Gasteiger partial charge in [-0.25, -0.2) is 4.98 Å². The van der Waals surface area contributed by atoms with Gasteiger partial charge in [-0.1, -0.05) is 17.7 Å². The molecule has 1 atom stereocenters. The van der Waals surface area contributed by atoms with Crippen LogP contribution in [0.3, 0.4) is 0 Å². The third kappa shape index (κ3) is 1.55. The Hall–Kier alpha value is -1.59. The van der Waals surface area contributed by atoms with Crippen LogP contribution in [0.15, 0.2) is 24.5 Å². The van der Waals surface area contributed by atoms with Gasteiger partial charge >= 0.3 is 5.97 Å². The highest BCUT2D eigenvalue weighted by Crippen LogP contribution is 2.19. The number of aromatic nitrogens is 2. The average Bonchev–Trinajstić information content (AvgIpc) is 2.59. The molecule has 0 saturated carbocycles. The summed E-state index contributed by atoms with van der Waals surface area (Å²) in [5, 5.41) is 9.23. The summed E-state index contributed by atoms with van der Waals surface area (Å²) in [5.41, 5.74) is 6.43. The minimum atomic E-state index is -1.10. The van der Waals surface area contributed by atoms with Crippen molar-refractivity contribution >= 4 is 23.2 Å². The van der Waals surface area contributed by atoms with Crippen LogP contribution >= 0.6 is 11.6 Å². The van der Waals surface area contributed by atoms with Crippen molar-refractivity contribution in [3.8, 4) is 0 Å². The monoisotopic (exact) mass is 225 g/mol. The van der Waals surface area contributed by atoms with Crippen molar-refractivity contribution in [1.82, 2.24) is 9.38 Å². The third-order valence-corrected chi connectivity index (χ3v) is 2.40. The van der Waals surface area contributed by atoms with Gasteiger partial charge in [-0.05, 0) is 6.07 Å². The predicted molar refractivity (Wildman–Crippen MR) is 54.8 cm³/mol. The molecule has 0 saturated heterocycles. The molecular weight excluding hydrogens is 218 g/mol. The molecule has 78 valence electrons. The van der Waals surface area contributed by atoms with Gasteiger partial charge in [0.25, 0.3) is 0 Å². The van der Waals surface area contributed by atoms with E-state index >= 15 is 0 Å². The molecule has 0 amide bonds. The van der Waals surface area contributed by atoms with Crippen molar-refractivity contribution in [2.45, 2.75) is 6.04 Å². The number of nitrogens with two attached hydrogens (primary N) is 1. The summed E-state index contributed by atoms with van der Waals surface area (Å²) in [4.78, 5) is 14.8. The molecule has 5 nitrogen and oxygen atoms in total. The molecule has 0 aliphatic heterocycles. The molecule has 2 aromatic heterocycles. The van der Waals surface area contributed by atoms with Gasteiger partial charge in [0.2, 0.25) is 0 Å². The smallest absolute Gasteiger partial charge is 0.325 e. The van der Waals surface area contributed by atoms with Crippen LogP contribution in [0, 0.1) is 0 Å². The molecule has 0 spiro atoms. The van der Waals surface area contributed by atoms with Gasteiger partial charge in [-0.2, -0.15) is 0 Å². The van der Waals surface area contributed by atoms with E-state index in [4.69, 9.17) is 22.4 Å². The third-order valence-electron chi connectivity index (χ3n) is 2.12. The highest BCUT2D eigenvalue weighted by atomic mass is 35.5. The van der Waals surface area contributed by atoms with Crippen LogP contribution in [-0.2, 0) is 4.79 Å². The van der Waals surface area contributed by atoms with Crippen molar-refractivity contribution in [1.29, 1.82) is 0 Å². The Morgan fingerprint density at radius 1 is 1.67 bits per heavy atom. The highest BCUT2D eigenvalue weighted by molar-refractivity contribution is 6.29. The molecule has 2 rings (SSSR count). The SMILES string of the molecule is NC(C(=O)O)c1cccn2c(Cl)cnc12. The van der Waals surface area contributed by atoms with Crippen LogP contribution in [0.5, 0.6) is 0 Å². The highest BCUT2D eigenvalue weighted by Gasteiger charge is 2.18. The molecule has 6 heteroatoms. The number of rotatable bonds is 2. The summed E-state index contributed by atoms with van der Waals surface area (Å²) >= 11 is 5.84. The second kappa shape index (κ2) is 3.52. The van der Waals surface area contributed by atoms with Gasteiger partial charge in [0.15, 0.2) is 0 Å². The predicted octanol–water partition coefficient (Wildman–Crippen LogP) is 1.07.